The van der Waals surface area contributed by atoms with Crippen LogP contribution in [0.3, 0.4) is 0 Å². The van der Waals surface area contributed by atoms with Gasteiger partial charge in [0.1, 0.15) is 0 Å². The minimum absolute atomic E-state index is 0.0322. The van der Waals surface area contributed by atoms with Gasteiger partial charge in [-0.15, -0.1) is 6.58 Å². The van der Waals surface area contributed by atoms with Gasteiger partial charge in [-0.05, 0) is 0 Å². The quantitative estimate of drug-likeness (QED) is 0.531. The molecule has 1 rings (SSSR count). The van der Waals surface area contributed by atoms with Crippen molar-refractivity contribution in [3.05, 3.63) is 12.7 Å². The Morgan fingerprint density at radius 3 is 2.79 bits per heavy atom. The number of carbonyl (C=O) groups is 1. The van der Waals surface area contributed by atoms with Crippen LogP contribution in [-0.4, -0.2) is 38.1 Å². The molecule has 0 aromatic carbocycles. The summed E-state index contributed by atoms with van der Waals surface area (Å²) in [4.78, 5) is 12.9. The van der Waals surface area contributed by atoms with Crippen molar-refractivity contribution in [1.82, 2.24) is 4.90 Å². The van der Waals surface area contributed by atoms with Crippen LogP contribution in [0.25, 0.3) is 0 Å². The van der Waals surface area contributed by atoms with E-state index in [1.807, 2.05) is 0 Å². The van der Waals surface area contributed by atoms with Crippen molar-refractivity contribution in [3.8, 4) is 0 Å². The summed E-state index contributed by atoms with van der Waals surface area (Å²) in [6, 6.07) is 0. The Balaban J connectivity index is 2.55. The first-order chi connectivity index (χ1) is 6.42. The van der Waals surface area contributed by atoms with E-state index in [1.54, 1.807) is 11.0 Å². The summed E-state index contributed by atoms with van der Waals surface area (Å²) in [7, 11) is 1.61. The highest BCUT2D eigenvalue weighted by Crippen LogP contribution is 2.20. The van der Waals surface area contributed by atoms with E-state index in [0.717, 1.165) is 0 Å². The second kappa shape index (κ2) is 4.31. The molecule has 0 spiro atoms. The Kier molecular flexibility index (Phi) is 3.55. The maximum absolute atomic E-state index is 11.3. The molecule has 4 nitrogen and oxygen atoms in total. The number of halogens is 1. The van der Waals surface area contributed by atoms with E-state index >= 15 is 0 Å². The van der Waals surface area contributed by atoms with Crippen molar-refractivity contribution in [2.45, 2.75) is 6.42 Å². The summed E-state index contributed by atoms with van der Waals surface area (Å²) in [6.07, 6.45) is 1.88. The molecule has 1 aliphatic rings. The smallest absolute Gasteiger partial charge is 0.232 e. The lowest BCUT2D eigenvalue weighted by molar-refractivity contribution is -0.127. The van der Waals surface area contributed by atoms with Crippen molar-refractivity contribution in [2.24, 2.45) is 5.92 Å². The first-order valence-electron chi connectivity index (χ1n) is 4.23. The van der Waals surface area contributed by atoms with Gasteiger partial charge in [0.25, 0.3) is 0 Å². The molecule has 0 aromatic heterocycles. The molecule has 1 saturated heterocycles. The average molecular weight is 238 g/mol. The Morgan fingerprint density at radius 1 is 1.64 bits per heavy atom. The monoisotopic (exact) mass is 237 g/mol. The SMILES string of the molecule is C=CCN1CC(CS(=O)(=O)Cl)CC1=O. The number of hydrogen-bond donors (Lipinski definition) is 0. The number of amides is 1. The van der Waals surface area contributed by atoms with Gasteiger partial charge in [0.05, 0.1) is 5.75 Å². The number of rotatable bonds is 4. The van der Waals surface area contributed by atoms with Crippen LogP contribution in [0.4, 0.5) is 0 Å². The third-order valence-corrected chi connectivity index (χ3v) is 3.33. The van der Waals surface area contributed by atoms with E-state index in [2.05, 4.69) is 6.58 Å². The van der Waals surface area contributed by atoms with Crippen LogP contribution in [-0.2, 0) is 13.8 Å². The normalized spacial score (nSPS) is 22.8. The maximum atomic E-state index is 11.3. The Morgan fingerprint density at radius 2 is 2.29 bits per heavy atom. The topological polar surface area (TPSA) is 54.5 Å². The van der Waals surface area contributed by atoms with Crippen molar-refractivity contribution in [1.29, 1.82) is 0 Å². The van der Waals surface area contributed by atoms with E-state index in [1.165, 1.54) is 0 Å². The summed E-state index contributed by atoms with van der Waals surface area (Å²) in [5.41, 5.74) is 0. The molecule has 0 aromatic rings. The zero-order valence-corrected chi connectivity index (χ0v) is 9.22. The summed E-state index contributed by atoms with van der Waals surface area (Å²) in [5.74, 6) is -0.339. The minimum atomic E-state index is -3.50. The van der Waals surface area contributed by atoms with Gasteiger partial charge >= 0.3 is 0 Å². The second-order valence-corrected chi connectivity index (χ2v) is 6.18. The van der Waals surface area contributed by atoms with Crippen molar-refractivity contribution >= 4 is 25.6 Å². The minimum Gasteiger partial charge on any atom is -0.339 e. The van der Waals surface area contributed by atoms with Gasteiger partial charge in [0.2, 0.25) is 15.0 Å². The van der Waals surface area contributed by atoms with Gasteiger partial charge in [-0.1, -0.05) is 6.08 Å². The van der Waals surface area contributed by atoms with Crippen LogP contribution in [0, 0.1) is 5.92 Å². The van der Waals surface area contributed by atoms with E-state index in [4.69, 9.17) is 10.7 Å². The number of carbonyl (C=O) groups excluding carboxylic acids is 1. The van der Waals surface area contributed by atoms with Gasteiger partial charge in [-0.25, -0.2) is 8.42 Å². The number of likely N-dealkylation sites (tertiary alicyclic amines) is 1. The fourth-order valence-corrected chi connectivity index (χ4v) is 2.90. The van der Waals surface area contributed by atoms with Crippen molar-refractivity contribution < 1.29 is 13.2 Å². The van der Waals surface area contributed by atoms with Gasteiger partial charge in [-0.2, -0.15) is 0 Å². The van der Waals surface area contributed by atoms with Crippen LogP contribution in [0.15, 0.2) is 12.7 Å². The standard InChI is InChI=1S/C8H12ClNO3S/c1-2-3-10-5-7(4-8(10)11)6-14(9,12)13/h2,7H,1,3-6H2. The Bertz CT molecular complexity index is 338. The van der Waals surface area contributed by atoms with Crippen molar-refractivity contribution in [3.63, 3.8) is 0 Å². The average Bonchev–Trinajstić information content (AvgIpc) is 2.28. The molecule has 1 fully saturated rings. The molecule has 80 valence electrons. The second-order valence-electron chi connectivity index (χ2n) is 3.36. The molecule has 0 N–H and O–H groups in total. The van der Waals surface area contributed by atoms with E-state index in [-0.39, 0.29) is 24.0 Å². The fraction of sp³-hybridized carbons (Fsp3) is 0.625. The van der Waals surface area contributed by atoms with Gasteiger partial charge < -0.3 is 4.90 Å². The summed E-state index contributed by atoms with van der Waals surface area (Å²) >= 11 is 0. The highest BCUT2D eigenvalue weighted by Gasteiger charge is 2.31. The Labute approximate surface area is 88.0 Å². The molecule has 1 amide bonds. The predicted octanol–water partition coefficient (Wildman–Crippen LogP) is 0.590. The lowest BCUT2D eigenvalue weighted by Gasteiger charge is -2.12. The van der Waals surface area contributed by atoms with Crippen LogP contribution in [0.1, 0.15) is 6.42 Å². The molecular weight excluding hydrogens is 226 g/mol. The van der Waals surface area contributed by atoms with Crippen molar-refractivity contribution in [2.75, 3.05) is 18.8 Å². The summed E-state index contributed by atoms with van der Waals surface area (Å²) in [6.45, 7) is 4.45. The van der Waals surface area contributed by atoms with Crippen LogP contribution < -0.4 is 0 Å². The molecule has 0 radical (unpaired) electrons. The first-order valence-corrected chi connectivity index (χ1v) is 6.71. The zero-order valence-electron chi connectivity index (χ0n) is 7.65. The molecule has 0 aliphatic carbocycles. The van der Waals surface area contributed by atoms with E-state index in [0.29, 0.717) is 13.1 Å². The zero-order chi connectivity index (χ0) is 10.8. The predicted molar refractivity (Wildman–Crippen MR) is 54.5 cm³/mol. The summed E-state index contributed by atoms with van der Waals surface area (Å²) in [5, 5.41) is 0. The molecule has 6 heteroatoms. The summed E-state index contributed by atoms with van der Waals surface area (Å²) < 4.78 is 21.5. The Hall–Kier alpha value is -0.550. The molecule has 1 aliphatic heterocycles. The molecule has 0 saturated carbocycles. The van der Waals surface area contributed by atoms with Gasteiger partial charge in [0, 0.05) is 36.1 Å². The largest absolute Gasteiger partial charge is 0.339 e. The molecule has 1 atom stereocenters. The molecule has 0 bridgehead atoms. The third kappa shape index (κ3) is 3.31. The van der Waals surface area contributed by atoms with Crippen LogP contribution in [0.5, 0.6) is 0 Å². The van der Waals surface area contributed by atoms with E-state index < -0.39 is 9.05 Å². The first kappa shape index (κ1) is 11.5. The number of nitrogens with zero attached hydrogens (tertiary/aromatic N) is 1. The molecular formula is C8H12ClNO3S. The van der Waals surface area contributed by atoms with E-state index in [9.17, 15) is 13.2 Å². The van der Waals surface area contributed by atoms with Crippen LogP contribution >= 0.6 is 10.7 Å². The lowest BCUT2D eigenvalue weighted by Crippen LogP contribution is -2.25. The highest BCUT2D eigenvalue weighted by atomic mass is 35.7. The van der Waals surface area contributed by atoms with Gasteiger partial charge in [-0.3, -0.25) is 4.79 Å². The van der Waals surface area contributed by atoms with Gasteiger partial charge in [0.15, 0.2) is 0 Å². The highest BCUT2D eigenvalue weighted by molar-refractivity contribution is 8.13. The molecule has 1 unspecified atom stereocenters. The maximum Gasteiger partial charge on any atom is 0.232 e. The molecule has 1 heterocycles. The molecule has 14 heavy (non-hydrogen) atoms. The fourth-order valence-electron chi connectivity index (χ4n) is 1.58. The third-order valence-electron chi connectivity index (χ3n) is 2.08. The lowest BCUT2D eigenvalue weighted by atomic mass is 10.1. The number of hydrogen-bond acceptors (Lipinski definition) is 3. The van der Waals surface area contributed by atoms with Crippen LogP contribution in [0.2, 0.25) is 0 Å².